The second-order valence-corrected chi connectivity index (χ2v) is 4.30. The van der Waals surface area contributed by atoms with Gasteiger partial charge in [0.25, 0.3) is 0 Å². The van der Waals surface area contributed by atoms with Crippen molar-refractivity contribution < 1.29 is 14.5 Å². The summed E-state index contributed by atoms with van der Waals surface area (Å²) in [5.74, 6) is -0.903. The fraction of sp³-hybridized carbons (Fsp3) is 0.222. The first-order valence-electron chi connectivity index (χ1n) is 3.91. The number of carbonyl (C=O) groups is 1. The monoisotopic (exact) mass is 197 g/mol. The third-order valence-electron chi connectivity index (χ3n) is 1.57. The van der Waals surface area contributed by atoms with Crippen LogP contribution in [0.15, 0.2) is 30.3 Å². The molecule has 13 heavy (non-hydrogen) atoms. The van der Waals surface area contributed by atoms with Gasteiger partial charge in [-0.05, 0) is 12.1 Å². The van der Waals surface area contributed by atoms with Crippen molar-refractivity contribution in [2.75, 3.05) is 6.16 Å². The van der Waals surface area contributed by atoms with E-state index in [4.69, 9.17) is 5.11 Å². The molecule has 0 radical (unpaired) electrons. The minimum absolute atomic E-state index is 0.0376. The predicted molar refractivity (Wildman–Crippen MR) is 50.8 cm³/mol. The number of hydrogen-bond acceptors (Lipinski definition) is 2. The Balaban J connectivity index is 2.54. The largest absolute Gasteiger partial charge is 0.481 e. The third kappa shape index (κ3) is 3.34. The molecular formula is C9H10O3P+. The van der Waals surface area contributed by atoms with Gasteiger partial charge in [-0.15, -0.1) is 0 Å². The summed E-state index contributed by atoms with van der Waals surface area (Å²) in [4.78, 5) is 10.2. The summed E-state index contributed by atoms with van der Waals surface area (Å²) in [6.07, 6.45) is 0.179. The summed E-state index contributed by atoms with van der Waals surface area (Å²) < 4.78 is 11.4. The van der Waals surface area contributed by atoms with Crippen LogP contribution in [0.2, 0.25) is 0 Å². The number of hydrogen-bond donors (Lipinski definition) is 1. The second kappa shape index (κ2) is 4.73. The minimum Gasteiger partial charge on any atom is -0.481 e. The zero-order valence-corrected chi connectivity index (χ0v) is 7.91. The van der Waals surface area contributed by atoms with Crippen molar-refractivity contribution in [2.24, 2.45) is 0 Å². The molecule has 1 rings (SSSR count). The number of rotatable bonds is 4. The summed E-state index contributed by atoms with van der Waals surface area (Å²) in [6, 6.07) is 8.93. The Hall–Kier alpha value is -1.21. The van der Waals surface area contributed by atoms with Crippen molar-refractivity contribution in [3.8, 4) is 0 Å². The maximum Gasteiger partial charge on any atom is 0.377 e. The van der Waals surface area contributed by atoms with Crippen LogP contribution in [0.4, 0.5) is 0 Å². The lowest BCUT2D eigenvalue weighted by atomic mass is 10.4. The van der Waals surface area contributed by atoms with Crippen LogP contribution in [0.3, 0.4) is 0 Å². The van der Waals surface area contributed by atoms with Gasteiger partial charge in [-0.3, -0.25) is 4.79 Å². The lowest BCUT2D eigenvalue weighted by Gasteiger charge is -1.86. The Morgan fingerprint density at radius 1 is 1.31 bits per heavy atom. The first-order chi connectivity index (χ1) is 6.20. The summed E-state index contributed by atoms with van der Waals surface area (Å²) in [6.45, 7) is 0. The van der Waals surface area contributed by atoms with Crippen LogP contribution in [0.25, 0.3) is 0 Å². The molecule has 0 aliphatic heterocycles. The van der Waals surface area contributed by atoms with Crippen LogP contribution in [-0.2, 0) is 9.36 Å². The Morgan fingerprint density at radius 2 is 1.92 bits per heavy atom. The van der Waals surface area contributed by atoms with Crippen LogP contribution in [0.5, 0.6) is 0 Å². The molecule has 68 valence electrons. The van der Waals surface area contributed by atoms with Gasteiger partial charge in [-0.2, -0.15) is 0 Å². The second-order valence-electron chi connectivity index (χ2n) is 2.58. The van der Waals surface area contributed by atoms with Gasteiger partial charge in [0.05, 0.1) is 6.42 Å². The van der Waals surface area contributed by atoms with Gasteiger partial charge < -0.3 is 5.11 Å². The molecule has 0 aliphatic rings. The van der Waals surface area contributed by atoms with E-state index in [1.54, 1.807) is 24.3 Å². The lowest BCUT2D eigenvalue weighted by Crippen LogP contribution is -2.01. The lowest BCUT2D eigenvalue weighted by molar-refractivity contribution is -0.136. The zero-order chi connectivity index (χ0) is 9.68. The van der Waals surface area contributed by atoms with Crippen LogP contribution in [0.1, 0.15) is 6.42 Å². The molecule has 1 aromatic carbocycles. The Kier molecular flexibility index (Phi) is 3.59. The van der Waals surface area contributed by atoms with Gasteiger partial charge in [-0.1, -0.05) is 22.8 Å². The van der Waals surface area contributed by atoms with Gasteiger partial charge in [0.2, 0.25) is 0 Å². The van der Waals surface area contributed by atoms with Gasteiger partial charge in [0.15, 0.2) is 11.5 Å². The smallest absolute Gasteiger partial charge is 0.377 e. The minimum atomic E-state index is -1.54. The van der Waals surface area contributed by atoms with E-state index >= 15 is 0 Å². The molecule has 0 spiro atoms. The molecule has 1 atom stereocenters. The maximum atomic E-state index is 11.4. The van der Waals surface area contributed by atoms with Crippen molar-refractivity contribution >= 4 is 19.1 Å². The van der Waals surface area contributed by atoms with E-state index in [9.17, 15) is 9.36 Å². The summed E-state index contributed by atoms with van der Waals surface area (Å²) in [7, 11) is -1.54. The van der Waals surface area contributed by atoms with E-state index < -0.39 is 13.8 Å². The molecule has 1 unspecified atom stereocenters. The molecule has 0 saturated heterocycles. The van der Waals surface area contributed by atoms with E-state index in [-0.39, 0.29) is 12.6 Å². The zero-order valence-electron chi connectivity index (χ0n) is 7.01. The van der Waals surface area contributed by atoms with Crippen molar-refractivity contribution in [1.29, 1.82) is 0 Å². The van der Waals surface area contributed by atoms with Crippen molar-refractivity contribution in [2.45, 2.75) is 6.42 Å². The molecule has 0 aliphatic carbocycles. The number of carboxylic acid groups (broad SMARTS) is 1. The Bertz CT molecular complexity index is 308. The molecule has 0 aromatic heterocycles. The standard InChI is InChI=1S/C9H9O3P/c10-9(11)6-7-13(12)8-4-2-1-3-5-8/h1-5H,6-7H2/p+1. The average Bonchev–Trinajstić information content (AvgIpc) is 2.15. The van der Waals surface area contributed by atoms with Crippen LogP contribution in [0, 0.1) is 0 Å². The SMILES string of the molecule is O=C(O)CC[P+](=O)c1ccccc1. The van der Waals surface area contributed by atoms with Gasteiger partial charge in [0.1, 0.15) is 0 Å². The Morgan fingerprint density at radius 3 is 2.46 bits per heavy atom. The molecule has 0 fully saturated rings. The van der Waals surface area contributed by atoms with Crippen LogP contribution < -0.4 is 5.30 Å². The summed E-state index contributed by atoms with van der Waals surface area (Å²) in [5.41, 5.74) is 0. The van der Waals surface area contributed by atoms with E-state index in [1.807, 2.05) is 6.07 Å². The average molecular weight is 197 g/mol. The van der Waals surface area contributed by atoms with Gasteiger partial charge >= 0.3 is 13.8 Å². The summed E-state index contributed by atoms with van der Waals surface area (Å²) in [5, 5.41) is 9.10. The molecule has 3 nitrogen and oxygen atoms in total. The fourth-order valence-corrected chi connectivity index (χ4v) is 2.08. The predicted octanol–water partition coefficient (Wildman–Crippen LogP) is 1.61. The van der Waals surface area contributed by atoms with E-state index in [2.05, 4.69) is 0 Å². The number of carboxylic acids is 1. The highest BCUT2D eigenvalue weighted by atomic mass is 31.1. The highest BCUT2D eigenvalue weighted by Crippen LogP contribution is 2.20. The maximum absolute atomic E-state index is 11.4. The molecule has 0 amide bonds. The van der Waals surface area contributed by atoms with Crippen LogP contribution >= 0.6 is 7.80 Å². The van der Waals surface area contributed by atoms with Crippen LogP contribution in [-0.4, -0.2) is 17.2 Å². The molecule has 1 N–H and O–H groups in total. The molecular weight excluding hydrogens is 187 g/mol. The highest BCUT2D eigenvalue weighted by molar-refractivity contribution is 7.53. The van der Waals surface area contributed by atoms with E-state index in [1.165, 1.54) is 0 Å². The molecule has 0 heterocycles. The fourth-order valence-electron chi connectivity index (χ4n) is 0.921. The van der Waals surface area contributed by atoms with Crippen molar-refractivity contribution in [1.82, 2.24) is 0 Å². The number of aliphatic carboxylic acids is 1. The molecule has 4 heteroatoms. The molecule has 1 aromatic rings. The van der Waals surface area contributed by atoms with Gasteiger partial charge in [-0.25, -0.2) is 0 Å². The first kappa shape index (κ1) is 9.87. The quantitative estimate of drug-likeness (QED) is 0.746. The van der Waals surface area contributed by atoms with E-state index in [0.29, 0.717) is 0 Å². The topological polar surface area (TPSA) is 54.4 Å². The highest BCUT2D eigenvalue weighted by Gasteiger charge is 2.19. The van der Waals surface area contributed by atoms with Gasteiger partial charge in [0, 0.05) is 0 Å². The molecule has 0 saturated carbocycles. The summed E-state index contributed by atoms with van der Waals surface area (Å²) >= 11 is 0. The Labute approximate surface area is 77.2 Å². The first-order valence-corrected chi connectivity index (χ1v) is 5.36. The van der Waals surface area contributed by atoms with E-state index in [0.717, 1.165) is 5.30 Å². The van der Waals surface area contributed by atoms with Crippen molar-refractivity contribution in [3.63, 3.8) is 0 Å². The number of benzene rings is 1. The third-order valence-corrected chi connectivity index (χ3v) is 3.08. The molecule has 0 bridgehead atoms. The van der Waals surface area contributed by atoms with Crippen molar-refractivity contribution in [3.05, 3.63) is 30.3 Å². The normalized spacial score (nSPS) is 10.9.